The Morgan fingerprint density at radius 1 is 0.929 bits per heavy atom. The van der Waals surface area contributed by atoms with Crippen LogP contribution in [0.25, 0.3) is 0 Å². The Bertz CT molecular complexity index is 847. The van der Waals surface area contributed by atoms with Crippen molar-refractivity contribution in [2.24, 2.45) is 0 Å². The second kappa shape index (κ2) is 0.291. The number of carboxylic acid groups (broad SMARTS) is 1. The summed E-state index contributed by atoms with van der Waals surface area (Å²) < 4.78 is 10.3. The van der Waals surface area contributed by atoms with Gasteiger partial charge in [-0.25, -0.2) is 0 Å². The standard InChI is InChI=1S/C6H5O2.C5H5.Ru/c7-6(8)5-3-1-2-4-5;1-2-4-5-3-1;/h1-4H,(H,7,8);1-5H;. The molecule has 10 fully saturated rings. The number of rotatable bonds is 1. The Labute approximate surface area is 68.4 Å². The van der Waals surface area contributed by atoms with Gasteiger partial charge >= 0.3 is 68.2 Å². The fraction of sp³-hybridized carbons (Fsp3) is 0.909. The van der Waals surface area contributed by atoms with Crippen LogP contribution in [0.3, 0.4) is 0 Å². The predicted octanol–water partition coefficient (Wildman–Crippen LogP) is 2.83. The molecule has 0 aliphatic carbocycles. The van der Waals surface area contributed by atoms with Crippen LogP contribution >= 0.6 is 0 Å². The summed E-state index contributed by atoms with van der Waals surface area (Å²) in [6.07, 6.45) is 0. The average molecular weight is 275 g/mol. The van der Waals surface area contributed by atoms with Gasteiger partial charge in [0.15, 0.2) is 0 Å². The van der Waals surface area contributed by atoms with Gasteiger partial charge in [-0.1, -0.05) is 0 Å². The molecule has 10 aliphatic heterocycles. The van der Waals surface area contributed by atoms with Gasteiger partial charge < -0.3 is 0 Å². The van der Waals surface area contributed by atoms with Crippen LogP contribution in [0.1, 0.15) is 0 Å². The van der Waals surface area contributed by atoms with Gasteiger partial charge in [-0.15, -0.1) is 0 Å². The molecule has 3 heteroatoms. The van der Waals surface area contributed by atoms with E-state index in [0.717, 1.165) is 9.02 Å². The molecule has 74 valence electrons. The molecule has 0 aromatic rings. The molecule has 4 atom stereocenters. The van der Waals surface area contributed by atoms with E-state index in [9.17, 15) is 9.90 Å². The van der Waals surface area contributed by atoms with Crippen LogP contribution in [0.4, 0.5) is 0 Å². The van der Waals surface area contributed by atoms with Crippen molar-refractivity contribution < 1.29 is 17.6 Å². The molecule has 0 radical (unpaired) electrons. The van der Waals surface area contributed by atoms with Gasteiger partial charge in [0.2, 0.25) is 0 Å². The van der Waals surface area contributed by atoms with E-state index >= 15 is 0 Å². The summed E-state index contributed by atoms with van der Waals surface area (Å²) in [5.41, 5.74) is 0. The van der Waals surface area contributed by atoms with Crippen molar-refractivity contribution in [1.82, 2.24) is 0 Å². The van der Waals surface area contributed by atoms with Gasteiger partial charge in [0.25, 0.3) is 0 Å². The fourth-order valence-electron chi connectivity index (χ4n) is 16.8. The molecule has 0 saturated carbocycles. The zero-order chi connectivity index (χ0) is 8.59. The second-order valence-electron chi connectivity index (χ2n) is 9.98. The van der Waals surface area contributed by atoms with E-state index in [0.29, 0.717) is 0 Å². The first-order valence-corrected chi connectivity index (χ1v) is 15.8. The monoisotopic (exact) mass is 276 g/mol. The molecular weight excluding hydrogens is 265 g/mol. The van der Waals surface area contributed by atoms with E-state index in [1.807, 2.05) is 0 Å². The van der Waals surface area contributed by atoms with Crippen LogP contribution in [-0.2, 0) is 12.5 Å². The van der Waals surface area contributed by atoms with Crippen LogP contribution in [0, 0.1) is 0 Å². The van der Waals surface area contributed by atoms with Gasteiger partial charge in [-0.2, -0.15) is 0 Å². The molecule has 2 nitrogen and oxygen atoms in total. The third kappa shape index (κ3) is 0.0310. The first-order chi connectivity index (χ1) is 6.49. The Hall–Kier alpha value is 0.0934. The number of carboxylic acids is 1. The van der Waals surface area contributed by atoms with Gasteiger partial charge in [-0.3, -0.25) is 0 Å². The second-order valence-corrected chi connectivity index (χ2v) is 47.1. The van der Waals surface area contributed by atoms with Crippen molar-refractivity contribution in [2.45, 2.75) is 44.6 Å². The summed E-state index contributed by atoms with van der Waals surface area (Å²) in [5, 5.41) is 9.75. The van der Waals surface area contributed by atoms with Crippen LogP contribution in [0.2, 0.25) is 44.6 Å². The van der Waals surface area contributed by atoms with E-state index in [-0.39, 0.29) is 9.98 Å². The van der Waals surface area contributed by atoms with Crippen molar-refractivity contribution in [3.8, 4) is 0 Å². The van der Waals surface area contributed by atoms with Crippen LogP contribution in [0.15, 0.2) is 0 Å². The first kappa shape index (κ1) is 4.53. The zero-order valence-electron chi connectivity index (χ0n) is 7.41. The number of fused-ring (bicyclic) bond motifs is 10. The minimum atomic E-state index is -3.46. The maximum absolute atomic E-state index is 11.8. The van der Waals surface area contributed by atoms with Gasteiger partial charge in [0, 0.05) is 0 Å². The number of aliphatic carboxylic acids is 1. The molecule has 14 heavy (non-hydrogen) atoms. The zero-order valence-corrected chi connectivity index (χ0v) is 9.14. The summed E-state index contributed by atoms with van der Waals surface area (Å²) in [6.45, 7) is 0. The summed E-state index contributed by atoms with van der Waals surface area (Å²) in [7, 11) is -3.46. The molecule has 1 N–H and O–H groups in total. The molecule has 10 aliphatic rings. The van der Waals surface area contributed by atoms with Crippen LogP contribution in [0.5, 0.6) is 0 Å². The van der Waals surface area contributed by atoms with E-state index in [1.54, 1.807) is 0 Å². The topological polar surface area (TPSA) is 37.3 Å². The molecule has 1 spiro atoms. The van der Waals surface area contributed by atoms with E-state index in [4.69, 9.17) is 0 Å². The summed E-state index contributed by atoms with van der Waals surface area (Å²) in [5.74, 6) is -0.266. The molecular formula is C11H10O2Ru. The van der Waals surface area contributed by atoms with Crippen LogP contribution < -0.4 is 0 Å². The molecule has 10 heterocycles. The van der Waals surface area contributed by atoms with Gasteiger partial charge in [0.1, 0.15) is 0 Å². The fourth-order valence-corrected chi connectivity index (χ4v) is 149. The molecule has 0 aromatic heterocycles. The summed E-state index contributed by atoms with van der Waals surface area (Å²) >= 11 is 0. The molecule has 0 amide bonds. The Morgan fingerprint density at radius 2 is 1.36 bits per heavy atom. The first-order valence-electron chi connectivity index (χ1n) is 5.94. The van der Waals surface area contributed by atoms with Crippen LogP contribution in [-0.4, -0.2) is 11.1 Å². The van der Waals surface area contributed by atoms with Crippen molar-refractivity contribution in [1.29, 1.82) is 0 Å². The predicted molar refractivity (Wildman–Crippen MR) is 44.1 cm³/mol. The van der Waals surface area contributed by atoms with Crippen molar-refractivity contribution >= 4 is 5.97 Å². The molecule has 0 aromatic carbocycles. The average Bonchev–Trinajstić information content (AvgIpc) is 3.13. The third-order valence-electron chi connectivity index (χ3n) is 15.0. The Balaban J connectivity index is 1.98. The van der Waals surface area contributed by atoms with Gasteiger partial charge in [-0.05, 0) is 0 Å². The normalized spacial score (nSPS) is 142. The summed E-state index contributed by atoms with van der Waals surface area (Å²) in [6, 6.07) is 0. The maximum atomic E-state index is 11.8. The van der Waals surface area contributed by atoms with Crippen molar-refractivity contribution in [3.05, 3.63) is 0 Å². The van der Waals surface area contributed by atoms with Crippen molar-refractivity contribution in [3.63, 3.8) is 0 Å². The van der Waals surface area contributed by atoms with Crippen molar-refractivity contribution in [2.75, 3.05) is 0 Å². The molecule has 4 unspecified atom stereocenters. The number of hydrogen-bond donors (Lipinski definition) is 1. The SMILES string of the molecule is O=C(O)[C]12[CH]3[CH]4[CH]5[CH]1[Ru]45321678[CH]2[CH]1[CH]6[CH]7[CH]28. The van der Waals surface area contributed by atoms with E-state index in [1.165, 1.54) is 31.6 Å². The molecule has 10 rings (SSSR count). The number of carbonyl (C=O) groups is 1. The Kier molecular flexibility index (Phi) is 0.0942. The third-order valence-corrected chi connectivity index (χ3v) is 81.6. The minimum absolute atomic E-state index is 0.128. The summed E-state index contributed by atoms with van der Waals surface area (Å²) in [4.78, 5) is 11.8. The quantitative estimate of drug-likeness (QED) is 0.747. The molecule has 10 saturated heterocycles. The van der Waals surface area contributed by atoms with E-state index < -0.39 is 7.72 Å². The number of hydrogen-bond acceptors (Lipinski definition) is 1. The molecule has 0 bridgehead atoms. The van der Waals surface area contributed by atoms with Gasteiger partial charge in [0.05, 0.1) is 0 Å². The van der Waals surface area contributed by atoms with E-state index in [2.05, 4.69) is 0 Å². The Morgan fingerprint density at radius 3 is 1.43 bits per heavy atom.